The van der Waals surface area contributed by atoms with Gasteiger partial charge in [0.15, 0.2) is 0 Å². The van der Waals surface area contributed by atoms with E-state index in [1.165, 1.54) is 5.56 Å². The van der Waals surface area contributed by atoms with E-state index in [0.717, 1.165) is 11.3 Å². The Morgan fingerprint density at radius 1 is 1.23 bits per heavy atom. The summed E-state index contributed by atoms with van der Waals surface area (Å²) in [7, 11) is 1.87. The molecule has 3 aromatic rings. The van der Waals surface area contributed by atoms with Gasteiger partial charge in [0, 0.05) is 25.0 Å². The van der Waals surface area contributed by atoms with Crippen molar-refractivity contribution in [2.24, 2.45) is 0 Å². The summed E-state index contributed by atoms with van der Waals surface area (Å²) in [5.74, 6) is 0.406. The fourth-order valence-electron chi connectivity index (χ4n) is 2.60. The Hall–Kier alpha value is -2.86. The van der Waals surface area contributed by atoms with E-state index in [1.54, 1.807) is 12.1 Å². The highest BCUT2D eigenvalue weighted by Gasteiger charge is 2.13. The Kier molecular flexibility index (Phi) is 5.53. The zero-order valence-electron chi connectivity index (χ0n) is 15.3. The van der Waals surface area contributed by atoms with Gasteiger partial charge in [0.2, 0.25) is 0 Å². The number of hydrogen-bond donors (Lipinski definition) is 2. The first-order chi connectivity index (χ1) is 12.6. The van der Waals surface area contributed by atoms with Gasteiger partial charge in [-0.3, -0.25) is 4.79 Å². The average molecular weight is 352 g/mol. The van der Waals surface area contributed by atoms with Gasteiger partial charge in [0.1, 0.15) is 18.0 Å². The van der Waals surface area contributed by atoms with Gasteiger partial charge in [-0.05, 0) is 44.7 Å². The van der Waals surface area contributed by atoms with Gasteiger partial charge in [-0.1, -0.05) is 18.2 Å². The lowest BCUT2D eigenvalue weighted by Crippen LogP contribution is -2.37. The quantitative estimate of drug-likeness (QED) is 0.686. The number of nitrogens with zero attached hydrogens (tertiary/aromatic N) is 2. The number of aromatic nitrogens is 2. The lowest BCUT2D eigenvalue weighted by molar-refractivity contribution is 0.0946. The second kappa shape index (κ2) is 8.01. The number of amides is 1. The maximum absolute atomic E-state index is 12.4. The van der Waals surface area contributed by atoms with Crippen LogP contribution in [0.15, 0.2) is 48.8 Å². The molecule has 0 aliphatic carbocycles. The van der Waals surface area contributed by atoms with Crippen LogP contribution >= 0.6 is 0 Å². The number of carbonyl (C=O) groups excluding carboxylic acids is 1. The van der Waals surface area contributed by atoms with Crippen LogP contribution in [-0.4, -0.2) is 34.9 Å². The summed E-state index contributed by atoms with van der Waals surface area (Å²) >= 11 is 0. The molecule has 0 aliphatic rings. The molecule has 6 nitrogen and oxygen atoms in total. The largest absolute Gasteiger partial charge is 0.486 e. The third-order valence-corrected chi connectivity index (χ3v) is 4.22. The van der Waals surface area contributed by atoms with Crippen LogP contribution in [0.3, 0.4) is 0 Å². The average Bonchev–Trinajstić information content (AvgIpc) is 3.06. The Balaban J connectivity index is 1.70. The molecule has 2 N–H and O–H groups in total. The first-order valence-electron chi connectivity index (χ1n) is 8.68. The Bertz CT molecular complexity index is 904. The van der Waals surface area contributed by atoms with Crippen molar-refractivity contribution in [3.8, 4) is 5.75 Å². The van der Waals surface area contributed by atoms with Crippen LogP contribution in [0.25, 0.3) is 5.65 Å². The van der Waals surface area contributed by atoms with Crippen molar-refractivity contribution < 1.29 is 9.53 Å². The summed E-state index contributed by atoms with van der Waals surface area (Å²) in [5, 5.41) is 6.01. The fraction of sp³-hybridized carbons (Fsp3) is 0.300. The predicted octanol–water partition coefficient (Wildman–Crippen LogP) is 2.56. The van der Waals surface area contributed by atoms with Gasteiger partial charge in [0.25, 0.3) is 5.91 Å². The zero-order chi connectivity index (χ0) is 18.5. The highest BCUT2D eigenvalue weighted by Crippen LogP contribution is 2.19. The fourth-order valence-corrected chi connectivity index (χ4v) is 2.60. The van der Waals surface area contributed by atoms with Crippen LogP contribution in [0.5, 0.6) is 5.75 Å². The minimum atomic E-state index is -0.145. The minimum absolute atomic E-state index is 0.145. The number of carbonyl (C=O) groups is 1. The number of imidazole rings is 1. The third-order valence-electron chi connectivity index (χ3n) is 4.22. The van der Waals surface area contributed by atoms with Gasteiger partial charge in [-0.15, -0.1) is 0 Å². The molecule has 0 aliphatic heterocycles. The SMILES string of the molecule is CNC(C)CNC(=O)c1ccccc1OCc1cn2cc(C)ccc2n1. The summed E-state index contributed by atoms with van der Waals surface area (Å²) in [4.78, 5) is 17.0. The van der Waals surface area contributed by atoms with E-state index in [-0.39, 0.29) is 11.9 Å². The van der Waals surface area contributed by atoms with Crippen molar-refractivity contribution in [2.45, 2.75) is 26.5 Å². The Labute approximate surface area is 153 Å². The molecule has 0 spiro atoms. The van der Waals surface area contributed by atoms with Gasteiger partial charge in [0.05, 0.1) is 11.3 Å². The molecule has 0 saturated heterocycles. The first kappa shape index (κ1) is 17.9. The van der Waals surface area contributed by atoms with Gasteiger partial charge < -0.3 is 19.8 Å². The summed E-state index contributed by atoms with van der Waals surface area (Å²) in [5.41, 5.74) is 3.38. The molecular weight excluding hydrogens is 328 g/mol. The van der Waals surface area contributed by atoms with E-state index in [4.69, 9.17) is 4.74 Å². The topological polar surface area (TPSA) is 67.7 Å². The molecule has 26 heavy (non-hydrogen) atoms. The van der Waals surface area contributed by atoms with Gasteiger partial charge >= 0.3 is 0 Å². The zero-order valence-corrected chi connectivity index (χ0v) is 15.3. The van der Waals surface area contributed by atoms with E-state index in [9.17, 15) is 4.79 Å². The lowest BCUT2D eigenvalue weighted by atomic mass is 10.2. The number of rotatable bonds is 7. The highest BCUT2D eigenvalue weighted by molar-refractivity contribution is 5.96. The molecule has 0 radical (unpaired) electrons. The van der Waals surface area contributed by atoms with Gasteiger partial charge in [-0.25, -0.2) is 4.98 Å². The Morgan fingerprint density at radius 2 is 2.04 bits per heavy atom. The van der Waals surface area contributed by atoms with E-state index in [1.807, 2.05) is 62.0 Å². The molecule has 2 aromatic heterocycles. The molecule has 1 aromatic carbocycles. The van der Waals surface area contributed by atoms with Crippen LogP contribution in [0.4, 0.5) is 0 Å². The molecule has 0 fully saturated rings. The molecule has 2 heterocycles. The number of pyridine rings is 1. The second-order valence-electron chi connectivity index (χ2n) is 6.39. The summed E-state index contributed by atoms with van der Waals surface area (Å²) in [6.45, 7) is 4.90. The van der Waals surface area contributed by atoms with Crippen LogP contribution in [-0.2, 0) is 6.61 Å². The van der Waals surface area contributed by atoms with Crippen LogP contribution in [0.1, 0.15) is 28.5 Å². The molecule has 0 saturated carbocycles. The number of aryl methyl sites for hydroxylation is 1. The predicted molar refractivity (Wildman–Crippen MR) is 102 cm³/mol. The number of fused-ring (bicyclic) bond motifs is 1. The highest BCUT2D eigenvalue weighted by atomic mass is 16.5. The minimum Gasteiger partial charge on any atom is -0.486 e. The maximum Gasteiger partial charge on any atom is 0.255 e. The maximum atomic E-state index is 12.4. The molecular formula is C20H24N4O2. The Morgan fingerprint density at radius 3 is 2.85 bits per heavy atom. The van der Waals surface area contributed by atoms with E-state index < -0.39 is 0 Å². The standard InChI is InChI=1S/C20H24N4O2/c1-14-8-9-19-23-16(12-24(19)11-14)13-26-18-7-5-4-6-17(18)20(25)22-10-15(2)21-3/h4-9,11-12,15,21H,10,13H2,1-3H3,(H,22,25). The summed E-state index contributed by atoms with van der Waals surface area (Å²) in [6.07, 6.45) is 3.97. The molecule has 0 bridgehead atoms. The molecule has 1 atom stereocenters. The van der Waals surface area contributed by atoms with Crippen molar-refractivity contribution in [3.05, 3.63) is 65.6 Å². The number of hydrogen-bond acceptors (Lipinski definition) is 4. The van der Waals surface area contributed by atoms with Crippen molar-refractivity contribution in [2.75, 3.05) is 13.6 Å². The molecule has 1 amide bonds. The third kappa shape index (κ3) is 4.21. The number of ether oxygens (including phenoxy) is 1. The summed E-state index contributed by atoms with van der Waals surface area (Å²) < 4.78 is 7.86. The van der Waals surface area contributed by atoms with E-state index >= 15 is 0 Å². The first-order valence-corrected chi connectivity index (χ1v) is 8.68. The number of nitrogens with one attached hydrogen (secondary N) is 2. The van der Waals surface area contributed by atoms with E-state index in [2.05, 4.69) is 15.6 Å². The number of para-hydroxylation sites is 1. The van der Waals surface area contributed by atoms with Crippen LogP contribution in [0.2, 0.25) is 0 Å². The lowest BCUT2D eigenvalue weighted by Gasteiger charge is -2.13. The van der Waals surface area contributed by atoms with Crippen LogP contribution in [0, 0.1) is 6.92 Å². The van der Waals surface area contributed by atoms with Crippen molar-refractivity contribution in [3.63, 3.8) is 0 Å². The molecule has 1 unspecified atom stereocenters. The monoisotopic (exact) mass is 352 g/mol. The molecule has 136 valence electrons. The van der Waals surface area contributed by atoms with Crippen molar-refractivity contribution >= 4 is 11.6 Å². The number of likely N-dealkylation sites (N-methyl/N-ethyl adjacent to an activating group) is 1. The molecule has 3 rings (SSSR count). The van der Waals surface area contributed by atoms with Crippen molar-refractivity contribution in [1.82, 2.24) is 20.0 Å². The van der Waals surface area contributed by atoms with Crippen LogP contribution < -0.4 is 15.4 Å². The second-order valence-corrected chi connectivity index (χ2v) is 6.39. The van der Waals surface area contributed by atoms with Gasteiger partial charge in [-0.2, -0.15) is 0 Å². The normalized spacial score (nSPS) is 12.1. The van der Waals surface area contributed by atoms with E-state index in [0.29, 0.717) is 24.5 Å². The summed E-state index contributed by atoms with van der Waals surface area (Å²) in [6, 6.07) is 11.5. The van der Waals surface area contributed by atoms with Crippen molar-refractivity contribution in [1.29, 1.82) is 0 Å². The smallest absolute Gasteiger partial charge is 0.255 e. The molecule has 6 heteroatoms. The number of benzene rings is 1.